The van der Waals surface area contributed by atoms with Crippen LogP contribution in [-0.2, 0) is 0 Å². The summed E-state index contributed by atoms with van der Waals surface area (Å²) in [5.74, 6) is 0.731. The van der Waals surface area contributed by atoms with Gasteiger partial charge in [0.1, 0.15) is 12.0 Å². The minimum absolute atomic E-state index is 0.178. The number of carbonyl (C=O) groups is 1. The molecule has 1 heterocycles. The van der Waals surface area contributed by atoms with Crippen molar-refractivity contribution in [3.8, 4) is 0 Å². The number of carbonyl (C=O) groups excluding carboxylic acids is 1. The number of nitrogens with zero attached hydrogens (tertiary/aromatic N) is 2. The van der Waals surface area contributed by atoms with Crippen molar-refractivity contribution in [2.45, 2.75) is 20.8 Å². The minimum atomic E-state index is -0.569. The summed E-state index contributed by atoms with van der Waals surface area (Å²) in [4.78, 5) is 26.2. The molecular formula is C13H20N4O3. The first-order valence-electron chi connectivity index (χ1n) is 6.47. The van der Waals surface area contributed by atoms with Crippen molar-refractivity contribution < 1.29 is 9.72 Å². The van der Waals surface area contributed by atoms with E-state index in [0.29, 0.717) is 24.2 Å². The zero-order valence-electron chi connectivity index (χ0n) is 12.1. The molecule has 1 unspecified atom stereocenters. The van der Waals surface area contributed by atoms with Crippen LogP contribution in [0.2, 0.25) is 0 Å². The molecule has 0 saturated carbocycles. The smallest absolute Gasteiger partial charge is 0.288 e. The SMILES string of the molecule is CNc1ncc([N+](=O)[O-])cc1C(=O)NCC(C)C(C)C. The molecule has 0 saturated heterocycles. The summed E-state index contributed by atoms with van der Waals surface area (Å²) in [6.45, 7) is 6.70. The van der Waals surface area contributed by atoms with Gasteiger partial charge in [-0.25, -0.2) is 4.98 Å². The lowest BCUT2D eigenvalue weighted by molar-refractivity contribution is -0.385. The number of hydrogen-bond acceptors (Lipinski definition) is 5. The van der Waals surface area contributed by atoms with Crippen LogP contribution < -0.4 is 10.6 Å². The van der Waals surface area contributed by atoms with Crippen LogP contribution in [0.5, 0.6) is 0 Å². The van der Waals surface area contributed by atoms with E-state index in [4.69, 9.17) is 0 Å². The Hall–Kier alpha value is -2.18. The van der Waals surface area contributed by atoms with Gasteiger partial charge in [0, 0.05) is 19.7 Å². The number of amides is 1. The molecule has 0 aliphatic carbocycles. The lowest BCUT2D eigenvalue weighted by Gasteiger charge is -2.16. The van der Waals surface area contributed by atoms with Crippen molar-refractivity contribution in [3.05, 3.63) is 27.9 Å². The van der Waals surface area contributed by atoms with E-state index in [9.17, 15) is 14.9 Å². The van der Waals surface area contributed by atoms with Gasteiger partial charge in [0.15, 0.2) is 0 Å². The third-order valence-electron chi connectivity index (χ3n) is 3.29. The standard InChI is InChI=1S/C13H20N4O3/c1-8(2)9(3)6-16-13(18)11-5-10(17(19)20)7-15-12(11)14-4/h5,7-9H,6H2,1-4H3,(H,14,15)(H,16,18). The maximum Gasteiger partial charge on any atom is 0.288 e. The summed E-state index contributed by atoms with van der Waals surface area (Å²) in [5.41, 5.74) is -0.0243. The van der Waals surface area contributed by atoms with Gasteiger partial charge in [0.25, 0.3) is 11.6 Å². The van der Waals surface area contributed by atoms with E-state index in [1.165, 1.54) is 6.07 Å². The third kappa shape index (κ3) is 3.91. The lowest BCUT2D eigenvalue weighted by atomic mass is 9.98. The average molecular weight is 280 g/mol. The monoisotopic (exact) mass is 280 g/mol. The Bertz CT molecular complexity index is 502. The fraction of sp³-hybridized carbons (Fsp3) is 0.538. The maximum atomic E-state index is 12.1. The highest BCUT2D eigenvalue weighted by atomic mass is 16.6. The van der Waals surface area contributed by atoms with Gasteiger partial charge in [-0.05, 0) is 11.8 Å². The first-order chi connectivity index (χ1) is 9.36. The van der Waals surface area contributed by atoms with E-state index >= 15 is 0 Å². The Morgan fingerprint density at radius 2 is 2.10 bits per heavy atom. The number of rotatable bonds is 6. The molecule has 0 aliphatic rings. The molecule has 0 bridgehead atoms. The van der Waals surface area contributed by atoms with E-state index in [2.05, 4.69) is 29.5 Å². The normalized spacial score (nSPS) is 12.1. The third-order valence-corrected chi connectivity index (χ3v) is 3.29. The molecule has 1 amide bonds. The first-order valence-corrected chi connectivity index (χ1v) is 6.47. The molecule has 0 spiro atoms. The molecule has 1 rings (SSSR count). The fourth-order valence-corrected chi connectivity index (χ4v) is 1.51. The molecule has 0 aromatic carbocycles. The predicted molar refractivity (Wildman–Crippen MR) is 76.8 cm³/mol. The van der Waals surface area contributed by atoms with Gasteiger partial charge in [0.2, 0.25) is 0 Å². The number of nitro groups is 1. The van der Waals surface area contributed by atoms with Gasteiger partial charge in [-0.15, -0.1) is 0 Å². The summed E-state index contributed by atoms with van der Waals surface area (Å²) < 4.78 is 0. The Labute approximate surface area is 117 Å². The van der Waals surface area contributed by atoms with Gasteiger partial charge in [0.05, 0.1) is 10.5 Å². The Kier molecular flexibility index (Phi) is 5.42. The van der Waals surface area contributed by atoms with Gasteiger partial charge in [-0.3, -0.25) is 14.9 Å². The highest BCUT2D eigenvalue weighted by Gasteiger charge is 2.18. The van der Waals surface area contributed by atoms with E-state index in [1.54, 1.807) is 7.05 Å². The quantitative estimate of drug-likeness (QED) is 0.614. The lowest BCUT2D eigenvalue weighted by Crippen LogP contribution is -2.30. The predicted octanol–water partition coefficient (Wildman–Crippen LogP) is 2.05. The second kappa shape index (κ2) is 6.83. The van der Waals surface area contributed by atoms with Crippen molar-refractivity contribution in [3.63, 3.8) is 0 Å². The Balaban J connectivity index is 2.90. The van der Waals surface area contributed by atoms with Crippen LogP contribution in [0.15, 0.2) is 12.3 Å². The zero-order valence-corrected chi connectivity index (χ0v) is 12.1. The van der Waals surface area contributed by atoms with Gasteiger partial charge < -0.3 is 10.6 Å². The topological polar surface area (TPSA) is 97.2 Å². The van der Waals surface area contributed by atoms with Crippen LogP contribution in [0.4, 0.5) is 11.5 Å². The molecule has 2 N–H and O–H groups in total. The van der Waals surface area contributed by atoms with E-state index < -0.39 is 4.92 Å². The molecule has 0 aliphatic heterocycles. The highest BCUT2D eigenvalue weighted by Crippen LogP contribution is 2.19. The van der Waals surface area contributed by atoms with Crippen LogP contribution in [-0.4, -0.2) is 29.4 Å². The molecule has 1 aromatic heterocycles. The molecule has 0 fully saturated rings. The van der Waals surface area contributed by atoms with Gasteiger partial charge >= 0.3 is 0 Å². The molecule has 1 aromatic rings. The molecule has 20 heavy (non-hydrogen) atoms. The molecule has 0 radical (unpaired) electrons. The summed E-state index contributed by atoms with van der Waals surface area (Å²) in [7, 11) is 1.61. The van der Waals surface area contributed by atoms with Crippen LogP contribution >= 0.6 is 0 Å². The van der Waals surface area contributed by atoms with Crippen LogP contribution in [0, 0.1) is 22.0 Å². The highest BCUT2D eigenvalue weighted by molar-refractivity contribution is 5.99. The molecule has 7 nitrogen and oxygen atoms in total. The summed E-state index contributed by atoms with van der Waals surface area (Å²) in [5, 5.41) is 16.3. The molecule has 110 valence electrons. The number of anilines is 1. The zero-order chi connectivity index (χ0) is 15.3. The summed E-state index contributed by atoms with van der Waals surface area (Å²) in [6.07, 6.45) is 1.12. The van der Waals surface area contributed by atoms with Crippen molar-refractivity contribution >= 4 is 17.4 Å². The summed E-state index contributed by atoms with van der Waals surface area (Å²) >= 11 is 0. The van der Waals surface area contributed by atoms with Crippen molar-refractivity contribution in [2.75, 3.05) is 18.9 Å². The summed E-state index contributed by atoms with van der Waals surface area (Å²) in [6, 6.07) is 1.23. The Morgan fingerprint density at radius 3 is 2.60 bits per heavy atom. The van der Waals surface area contributed by atoms with Crippen LogP contribution in [0.1, 0.15) is 31.1 Å². The van der Waals surface area contributed by atoms with Crippen molar-refractivity contribution in [1.29, 1.82) is 0 Å². The van der Waals surface area contributed by atoms with Crippen molar-refractivity contribution in [2.24, 2.45) is 11.8 Å². The Morgan fingerprint density at radius 1 is 1.45 bits per heavy atom. The molecular weight excluding hydrogens is 260 g/mol. The van der Waals surface area contributed by atoms with Crippen LogP contribution in [0.25, 0.3) is 0 Å². The second-order valence-corrected chi connectivity index (χ2v) is 5.03. The maximum absolute atomic E-state index is 12.1. The number of aromatic nitrogens is 1. The molecule has 1 atom stereocenters. The fourth-order valence-electron chi connectivity index (χ4n) is 1.51. The largest absolute Gasteiger partial charge is 0.372 e. The van der Waals surface area contributed by atoms with Crippen LogP contribution in [0.3, 0.4) is 0 Å². The number of nitrogens with one attached hydrogen (secondary N) is 2. The number of pyridine rings is 1. The van der Waals surface area contributed by atoms with Crippen molar-refractivity contribution in [1.82, 2.24) is 10.3 Å². The number of hydrogen-bond donors (Lipinski definition) is 2. The molecule has 7 heteroatoms. The second-order valence-electron chi connectivity index (χ2n) is 5.03. The minimum Gasteiger partial charge on any atom is -0.372 e. The van der Waals surface area contributed by atoms with Gasteiger partial charge in [-0.2, -0.15) is 0 Å². The first kappa shape index (κ1) is 15.9. The van der Waals surface area contributed by atoms with E-state index in [1.807, 2.05) is 6.92 Å². The van der Waals surface area contributed by atoms with Gasteiger partial charge in [-0.1, -0.05) is 20.8 Å². The van der Waals surface area contributed by atoms with E-state index in [0.717, 1.165) is 6.20 Å². The average Bonchev–Trinajstić information content (AvgIpc) is 2.43. The van der Waals surface area contributed by atoms with E-state index in [-0.39, 0.29) is 17.2 Å².